The molecule has 0 saturated carbocycles. The van der Waals surface area contributed by atoms with Gasteiger partial charge < -0.3 is 10.2 Å². The molecule has 4 rings (SSSR count). The summed E-state index contributed by atoms with van der Waals surface area (Å²) in [4.78, 5) is 38.0. The van der Waals surface area contributed by atoms with Crippen LogP contribution in [0.1, 0.15) is 18.5 Å². The quantitative estimate of drug-likeness (QED) is 0.744. The molecule has 136 valence electrons. The number of hydrogen-bond acceptors (Lipinski definition) is 4. The summed E-state index contributed by atoms with van der Waals surface area (Å²) in [6, 6.07) is 14.3. The normalized spacial score (nSPS) is 13.9. The van der Waals surface area contributed by atoms with E-state index in [1.807, 2.05) is 12.1 Å². The predicted molar refractivity (Wildman–Crippen MR) is 103 cm³/mol. The Labute approximate surface area is 155 Å². The molecule has 7 nitrogen and oxygen atoms in total. The molecule has 2 amide bonds. The lowest BCUT2D eigenvalue weighted by Crippen LogP contribution is -2.24. The molecule has 1 aromatic heterocycles. The molecule has 2 aromatic carbocycles. The van der Waals surface area contributed by atoms with Gasteiger partial charge in [-0.2, -0.15) is 5.10 Å². The van der Waals surface area contributed by atoms with Crippen molar-refractivity contribution >= 4 is 34.0 Å². The predicted octanol–water partition coefficient (Wildman–Crippen LogP) is 2.23. The molecule has 27 heavy (non-hydrogen) atoms. The zero-order valence-corrected chi connectivity index (χ0v) is 14.6. The van der Waals surface area contributed by atoms with Crippen LogP contribution >= 0.6 is 0 Å². The fraction of sp³-hybridized carbons (Fsp3) is 0.200. The van der Waals surface area contributed by atoms with Crippen molar-refractivity contribution in [2.75, 3.05) is 16.8 Å². The van der Waals surface area contributed by atoms with E-state index in [1.165, 1.54) is 0 Å². The third kappa shape index (κ3) is 3.44. The van der Waals surface area contributed by atoms with E-state index in [1.54, 1.807) is 41.3 Å². The number of aromatic amines is 1. The van der Waals surface area contributed by atoms with Gasteiger partial charge in [0.05, 0.1) is 17.5 Å². The highest BCUT2D eigenvalue weighted by molar-refractivity contribution is 5.98. The maximum atomic E-state index is 12.5. The summed E-state index contributed by atoms with van der Waals surface area (Å²) in [7, 11) is 0. The minimum absolute atomic E-state index is 0.0319. The average Bonchev–Trinajstić information content (AvgIpc) is 3.10. The SMILES string of the molecule is O=C(Cc1n[nH]c(=O)c2ccccc12)Nc1cccc(N2CCCC2=O)c1. The first-order valence-electron chi connectivity index (χ1n) is 8.78. The first-order chi connectivity index (χ1) is 13.1. The van der Waals surface area contributed by atoms with E-state index in [0.29, 0.717) is 35.1 Å². The number of rotatable bonds is 4. The van der Waals surface area contributed by atoms with Crippen LogP contribution in [0.15, 0.2) is 53.3 Å². The van der Waals surface area contributed by atoms with Gasteiger partial charge in [-0.1, -0.05) is 24.3 Å². The topological polar surface area (TPSA) is 95.2 Å². The van der Waals surface area contributed by atoms with Crippen molar-refractivity contribution in [1.29, 1.82) is 0 Å². The van der Waals surface area contributed by atoms with Gasteiger partial charge in [-0.05, 0) is 30.7 Å². The smallest absolute Gasteiger partial charge is 0.272 e. The second kappa shape index (κ2) is 7.03. The third-order valence-corrected chi connectivity index (χ3v) is 4.62. The van der Waals surface area contributed by atoms with Crippen molar-refractivity contribution in [2.24, 2.45) is 0 Å². The summed E-state index contributed by atoms with van der Waals surface area (Å²) in [5.74, 6) is -0.146. The number of amides is 2. The first-order valence-corrected chi connectivity index (χ1v) is 8.78. The van der Waals surface area contributed by atoms with E-state index in [4.69, 9.17) is 0 Å². The Kier molecular flexibility index (Phi) is 4.42. The van der Waals surface area contributed by atoms with Crippen molar-refractivity contribution in [3.05, 3.63) is 64.6 Å². The number of carbonyl (C=O) groups is 2. The minimum Gasteiger partial charge on any atom is -0.326 e. The number of H-pyrrole nitrogens is 1. The van der Waals surface area contributed by atoms with Crippen LogP contribution in [0.5, 0.6) is 0 Å². The van der Waals surface area contributed by atoms with Gasteiger partial charge in [0.2, 0.25) is 11.8 Å². The van der Waals surface area contributed by atoms with Crippen molar-refractivity contribution in [3.8, 4) is 0 Å². The molecule has 0 aliphatic carbocycles. The van der Waals surface area contributed by atoms with Gasteiger partial charge in [-0.25, -0.2) is 5.10 Å². The summed E-state index contributed by atoms with van der Waals surface area (Å²) in [6.07, 6.45) is 1.44. The number of hydrogen-bond donors (Lipinski definition) is 2. The lowest BCUT2D eigenvalue weighted by Gasteiger charge is -2.16. The lowest BCUT2D eigenvalue weighted by molar-refractivity contribution is -0.117. The molecule has 3 aromatic rings. The summed E-state index contributed by atoms with van der Waals surface area (Å²) in [5.41, 5.74) is 1.63. The van der Waals surface area contributed by atoms with Crippen LogP contribution in [0.2, 0.25) is 0 Å². The molecule has 1 aliphatic rings. The number of benzene rings is 2. The summed E-state index contributed by atoms with van der Waals surface area (Å²) >= 11 is 0. The number of nitrogens with zero attached hydrogens (tertiary/aromatic N) is 2. The summed E-state index contributed by atoms with van der Waals surface area (Å²) in [5, 5.41) is 10.5. The van der Waals surface area contributed by atoms with Crippen molar-refractivity contribution in [2.45, 2.75) is 19.3 Å². The Hall–Kier alpha value is -3.48. The fourth-order valence-corrected chi connectivity index (χ4v) is 3.34. The highest BCUT2D eigenvalue weighted by atomic mass is 16.2. The first kappa shape index (κ1) is 17.0. The minimum atomic E-state index is -0.280. The van der Waals surface area contributed by atoms with Gasteiger partial charge in [0.15, 0.2) is 0 Å². The monoisotopic (exact) mass is 362 g/mol. The van der Waals surface area contributed by atoms with Crippen LogP contribution in [0.4, 0.5) is 11.4 Å². The van der Waals surface area contributed by atoms with E-state index < -0.39 is 0 Å². The molecule has 1 fully saturated rings. The van der Waals surface area contributed by atoms with E-state index in [2.05, 4.69) is 15.5 Å². The maximum absolute atomic E-state index is 12.5. The van der Waals surface area contributed by atoms with Crippen LogP contribution in [0.3, 0.4) is 0 Å². The number of aromatic nitrogens is 2. The van der Waals surface area contributed by atoms with Crippen LogP contribution in [-0.4, -0.2) is 28.6 Å². The molecular weight excluding hydrogens is 344 g/mol. The Morgan fingerprint density at radius 1 is 1.11 bits per heavy atom. The van der Waals surface area contributed by atoms with Crippen LogP contribution in [0.25, 0.3) is 10.8 Å². The second-order valence-corrected chi connectivity index (χ2v) is 6.47. The highest BCUT2D eigenvalue weighted by Gasteiger charge is 2.21. The Balaban J connectivity index is 1.53. The zero-order chi connectivity index (χ0) is 18.8. The van der Waals surface area contributed by atoms with Crippen LogP contribution in [0, 0.1) is 0 Å². The van der Waals surface area contributed by atoms with Gasteiger partial charge in [-0.3, -0.25) is 14.4 Å². The van der Waals surface area contributed by atoms with Gasteiger partial charge in [0.25, 0.3) is 5.56 Å². The van der Waals surface area contributed by atoms with E-state index in [9.17, 15) is 14.4 Å². The maximum Gasteiger partial charge on any atom is 0.272 e. The van der Waals surface area contributed by atoms with E-state index in [-0.39, 0.29) is 23.8 Å². The number of carbonyl (C=O) groups excluding carboxylic acids is 2. The highest BCUT2D eigenvalue weighted by Crippen LogP contribution is 2.24. The van der Waals surface area contributed by atoms with Gasteiger partial charge >= 0.3 is 0 Å². The molecular formula is C20H18N4O3. The van der Waals surface area contributed by atoms with Crippen molar-refractivity contribution < 1.29 is 9.59 Å². The molecule has 1 aliphatic heterocycles. The standard InChI is InChI=1S/C20H18N4O3/c25-18(12-17-15-7-1-2-8-16(15)20(27)23-22-17)21-13-5-3-6-14(11-13)24-10-4-9-19(24)26/h1-3,5-8,11H,4,9-10,12H2,(H,21,25)(H,23,27). The van der Waals surface area contributed by atoms with Crippen LogP contribution in [-0.2, 0) is 16.0 Å². The fourth-order valence-electron chi connectivity index (χ4n) is 3.34. The number of anilines is 2. The molecule has 2 N–H and O–H groups in total. The Morgan fingerprint density at radius 2 is 1.93 bits per heavy atom. The Morgan fingerprint density at radius 3 is 2.70 bits per heavy atom. The van der Waals surface area contributed by atoms with Crippen molar-refractivity contribution in [3.63, 3.8) is 0 Å². The number of fused-ring (bicyclic) bond motifs is 1. The largest absolute Gasteiger partial charge is 0.326 e. The molecule has 0 spiro atoms. The van der Waals surface area contributed by atoms with Gasteiger partial charge in [0, 0.05) is 29.7 Å². The molecule has 0 bridgehead atoms. The average molecular weight is 362 g/mol. The second-order valence-electron chi connectivity index (χ2n) is 6.47. The summed E-state index contributed by atoms with van der Waals surface area (Å²) < 4.78 is 0. The molecule has 2 heterocycles. The number of nitrogens with one attached hydrogen (secondary N) is 2. The molecule has 0 unspecified atom stereocenters. The molecule has 7 heteroatoms. The summed E-state index contributed by atoms with van der Waals surface area (Å²) in [6.45, 7) is 0.698. The van der Waals surface area contributed by atoms with Gasteiger partial charge in [-0.15, -0.1) is 0 Å². The Bertz CT molecular complexity index is 1090. The molecule has 1 saturated heterocycles. The van der Waals surface area contributed by atoms with E-state index >= 15 is 0 Å². The lowest BCUT2D eigenvalue weighted by atomic mass is 10.1. The molecule has 0 atom stereocenters. The van der Waals surface area contributed by atoms with Crippen LogP contribution < -0.4 is 15.8 Å². The van der Waals surface area contributed by atoms with Crippen molar-refractivity contribution in [1.82, 2.24) is 10.2 Å². The third-order valence-electron chi connectivity index (χ3n) is 4.62. The van der Waals surface area contributed by atoms with E-state index in [0.717, 1.165) is 12.1 Å². The van der Waals surface area contributed by atoms with Gasteiger partial charge in [0.1, 0.15) is 0 Å². The zero-order valence-electron chi connectivity index (χ0n) is 14.6. The molecule has 0 radical (unpaired) electrons.